The fourth-order valence-corrected chi connectivity index (χ4v) is 3.26. The second-order valence-electron chi connectivity index (χ2n) is 8.41. The Morgan fingerprint density at radius 1 is 1.10 bits per heavy atom. The maximum atomic E-state index is 13.1. The molecule has 0 aliphatic rings. The SMILES string of the molecule is CC(C)CN(C(=O)CN[C@@H](C)c1ccccc1)c1c(N)n(CC(C)C)c(=O)[nH]c1=O. The fourth-order valence-electron chi connectivity index (χ4n) is 3.26. The summed E-state index contributed by atoms with van der Waals surface area (Å²) in [5.41, 5.74) is 6.10. The summed E-state index contributed by atoms with van der Waals surface area (Å²) in [6, 6.07) is 9.75. The standard InChI is InChI=1S/C22H33N5O3/c1-14(2)12-26(18(28)11-24-16(5)17-9-7-6-8-10-17)19-20(23)27(13-15(3)4)22(30)25-21(19)29/h6-10,14-16,24H,11-13,23H2,1-5H3,(H,25,29,30)/t16-/m0/s1. The van der Waals surface area contributed by atoms with Crippen LogP contribution in [0.2, 0.25) is 0 Å². The number of anilines is 2. The number of hydrogen-bond acceptors (Lipinski definition) is 5. The number of aromatic amines is 1. The van der Waals surface area contributed by atoms with Gasteiger partial charge in [-0.3, -0.25) is 19.1 Å². The molecule has 0 radical (unpaired) electrons. The van der Waals surface area contributed by atoms with Gasteiger partial charge in [-0.15, -0.1) is 0 Å². The van der Waals surface area contributed by atoms with Gasteiger partial charge in [-0.2, -0.15) is 0 Å². The van der Waals surface area contributed by atoms with Crippen LogP contribution in [0.5, 0.6) is 0 Å². The average Bonchev–Trinajstić information content (AvgIpc) is 2.68. The van der Waals surface area contributed by atoms with Gasteiger partial charge in [0.2, 0.25) is 5.91 Å². The van der Waals surface area contributed by atoms with Crippen molar-refractivity contribution in [1.82, 2.24) is 14.9 Å². The zero-order valence-electron chi connectivity index (χ0n) is 18.4. The molecule has 0 bridgehead atoms. The lowest BCUT2D eigenvalue weighted by molar-refractivity contribution is -0.118. The Morgan fingerprint density at radius 2 is 1.73 bits per heavy atom. The van der Waals surface area contributed by atoms with E-state index in [1.165, 1.54) is 9.47 Å². The first-order valence-electron chi connectivity index (χ1n) is 10.3. The predicted octanol–water partition coefficient (Wildman–Crippen LogP) is 2.11. The molecule has 1 heterocycles. The molecule has 164 valence electrons. The highest BCUT2D eigenvalue weighted by molar-refractivity contribution is 5.96. The van der Waals surface area contributed by atoms with Crippen LogP contribution in [-0.2, 0) is 11.3 Å². The number of nitrogen functional groups attached to an aromatic ring is 1. The van der Waals surface area contributed by atoms with E-state index < -0.39 is 11.2 Å². The Balaban J connectivity index is 2.34. The molecule has 4 N–H and O–H groups in total. The lowest BCUT2D eigenvalue weighted by atomic mass is 10.1. The molecule has 0 aliphatic heterocycles. The van der Waals surface area contributed by atoms with Crippen molar-refractivity contribution in [1.29, 1.82) is 0 Å². The molecule has 0 fully saturated rings. The maximum Gasteiger partial charge on any atom is 0.330 e. The molecule has 0 aliphatic carbocycles. The van der Waals surface area contributed by atoms with Gasteiger partial charge in [0.1, 0.15) is 5.82 Å². The molecule has 30 heavy (non-hydrogen) atoms. The first-order chi connectivity index (χ1) is 14.1. The zero-order chi connectivity index (χ0) is 22.4. The van der Waals surface area contributed by atoms with Crippen LogP contribution in [0.15, 0.2) is 39.9 Å². The molecule has 0 spiro atoms. The number of rotatable bonds is 9. The van der Waals surface area contributed by atoms with Crippen LogP contribution in [0.25, 0.3) is 0 Å². The highest BCUT2D eigenvalue weighted by Crippen LogP contribution is 2.19. The highest BCUT2D eigenvalue weighted by Gasteiger charge is 2.25. The summed E-state index contributed by atoms with van der Waals surface area (Å²) in [5, 5.41) is 3.21. The van der Waals surface area contributed by atoms with Gasteiger partial charge >= 0.3 is 5.69 Å². The van der Waals surface area contributed by atoms with E-state index in [1.807, 2.05) is 65.0 Å². The lowest BCUT2D eigenvalue weighted by Crippen LogP contribution is -2.46. The Kier molecular flexibility index (Phi) is 8.00. The van der Waals surface area contributed by atoms with E-state index >= 15 is 0 Å². The van der Waals surface area contributed by atoms with Crippen molar-refractivity contribution in [2.75, 3.05) is 23.7 Å². The van der Waals surface area contributed by atoms with Crippen molar-refractivity contribution >= 4 is 17.4 Å². The summed E-state index contributed by atoms with van der Waals surface area (Å²) >= 11 is 0. The highest BCUT2D eigenvalue weighted by atomic mass is 16.2. The summed E-state index contributed by atoms with van der Waals surface area (Å²) in [7, 11) is 0. The Labute approximate surface area is 177 Å². The number of aromatic nitrogens is 2. The number of nitrogens with one attached hydrogen (secondary N) is 2. The van der Waals surface area contributed by atoms with Crippen LogP contribution in [0.3, 0.4) is 0 Å². The topological polar surface area (TPSA) is 113 Å². The largest absolute Gasteiger partial charge is 0.383 e. The number of benzene rings is 1. The van der Waals surface area contributed by atoms with Crippen LogP contribution in [-0.4, -0.2) is 28.5 Å². The minimum atomic E-state index is -0.650. The van der Waals surface area contributed by atoms with Crippen molar-refractivity contribution in [3.05, 3.63) is 56.7 Å². The van der Waals surface area contributed by atoms with Gasteiger partial charge in [0.05, 0.1) is 6.54 Å². The van der Waals surface area contributed by atoms with Crippen molar-refractivity contribution in [2.45, 2.75) is 47.2 Å². The van der Waals surface area contributed by atoms with E-state index in [0.717, 1.165) is 5.56 Å². The maximum absolute atomic E-state index is 13.1. The summed E-state index contributed by atoms with van der Waals surface area (Å²) in [6.45, 7) is 10.5. The van der Waals surface area contributed by atoms with Gasteiger partial charge in [0, 0.05) is 19.1 Å². The molecule has 1 aromatic heterocycles. The molecule has 8 nitrogen and oxygen atoms in total. The third kappa shape index (κ3) is 5.82. The normalized spacial score (nSPS) is 12.4. The summed E-state index contributed by atoms with van der Waals surface area (Å²) in [5.74, 6) is -0.0165. The molecule has 1 aromatic carbocycles. The minimum Gasteiger partial charge on any atom is -0.383 e. The molecule has 2 aromatic rings. The van der Waals surface area contributed by atoms with E-state index in [1.54, 1.807) is 0 Å². The molecule has 1 amide bonds. The molecule has 2 rings (SSSR count). The van der Waals surface area contributed by atoms with Gasteiger partial charge in [-0.05, 0) is 24.3 Å². The number of nitrogens with two attached hydrogens (primary N) is 1. The number of hydrogen-bond donors (Lipinski definition) is 3. The summed E-state index contributed by atoms with van der Waals surface area (Å²) in [4.78, 5) is 41.7. The average molecular weight is 416 g/mol. The van der Waals surface area contributed by atoms with Gasteiger partial charge in [-0.1, -0.05) is 58.0 Å². The number of amides is 1. The van der Waals surface area contributed by atoms with E-state index in [2.05, 4.69) is 10.3 Å². The third-order valence-corrected chi connectivity index (χ3v) is 4.74. The number of H-pyrrole nitrogens is 1. The second-order valence-corrected chi connectivity index (χ2v) is 8.41. The summed E-state index contributed by atoms with van der Waals surface area (Å²) in [6.07, 6.45) is 0. The number of carbonyl (C=O) groups is 1. The molecule has 1 atom stereocenters. The van der Waals surface area contributed by atoms with Crippen LogP contribution in [0.1, 0.15) is 46.2 Å². The predicted molar refractivity (Wildman–Crippen MR) is 121 cm³/mol. The van der Waals surface area contributed by atoms with Crippen molar-refractivity contribution in [3.8, 4) is 0 Å². The number of nitrogens with zero attached hydrogens (tertiary/aromatic N) is 2. The van der Waals surface area contributed by atoms with Crippen molar-refractivity contribution in [3.63, 3.8) is 0 Å². The Hall–Kier alpha value is -2.87. The number of carbonyl (C=O) groups excluding carboxylic acids is 1. The van der Waals surface area contributed by atoms with Crippen molar-refractivity contribution < 1.29 is 4.79 Å². The van der Waals surface area contributed by atoms with E-state index in [-0.39, 0.29) is 41.8 Å². The smallest absolute Gasteiger partial charge is 0.330 e. The molecular formula is C22H33N5O3. The quantitative estimate of drug-likeness (QED) is 0.581. The molecular weight excluding hydrogens is 382 g/mol. The Morgan fingerprint density at radius 3 is 2.30 bits per heavy atom. The van der Waals surface area contributed by atoms with Crippen molar-refractivity contribution in [2.24, 2.45) is 11.8 Å². The van der Waals surface area contributed by atoms with Gasteiger partial charge in [-0.25, -0.2) is 4.79 Å². The van der Waals surface area contributed by atoms with Crippen LogP contribution in [0.4, 0.5) is 11.5 Å². The van der Waals surface area contributed by atoms with Crippen LogP contribution < -0.4 is 27.2 Å². The first-order valence-corrected chi connectivity index (χ1v) is 10.3. The second kappa shape index (κ2) is 10.2. The molecule has 0 unspecified atom stereocenters. The zero-order valence-corrected chi connectivity index (χ0v) is 18.4. The van der Waals surface area contributed by atoms with E-state index in [4.69, 9.17) is 5.73 Å². The molecule has 8 heteroatoms. The molecule has 0 saturated carbocycles. The Bertz CT molecular complexity index is 963. The van der Waals surface area contributed by atoms with E-state index in [9.17, 15) is 14.4 Å². The monoisotopic (exact) mass is 415 g/mol. The minimum absolute atomic E-state index is 0.0163. The van der Waals surface area contributed by atoms with Gasteiger partial charge < -0.3 is 16.0 Å². The first kappa shape index (κ1) is 23.4. The van der Waals surface area contributed by atoms with Crippen LogP contribution in [0, 0.1) is 11.8 Å². The molecule has 0 saturated heterocycles. The fraction of sp³-hybridized carbons (Fsp3) is 0.500. The van der Waals surface area contributed by atoms with Gasteiger partial charge in [0.15, 0.2) is 5.69 Å². The van der Waals surface area contributed by atoms with Gasteiger partial charge in [0.25, 0.3) is 5.56 Å². The lowest BCUT2D eigenvalue weighted by Gasteiger charge is -2.27. The summed E-state index contributed by atoms with van der Waals surface area (Å²) < 4.78 is 1.32. The van der Waals surface area contributed by atoms with E-state index in [0.29, 0.717) is 13.1 Å². The third-order valence-electron chi connectivity index (χ3n) is 4.74. The van der Waals surface area contributed by atoms with Crippen LogP contribution >= 0.6 is 0 Å².